The second-order valence-corrected chi connectivity index (χ2v) is 4.73. The SMILES string of the molecule is CCO[C@@H]1C[C@H](CCOCOCCOC)C(C(=O)OC)=CO1. The second-order valence-electron chi connectivity index (χ2n) is 4.73. The van der Waals surface area contributed by atoms with Crippen molar-refractivity contribution in [3.63, 3.8) is 0 Å². The summed E-state index contributed by atoms with van der Waals surface area (Å²) < 4.78 is 31.1. The van der Waals surface area contributed by atoms with Crippen molar-refractivity contribution < 1.29 is 33.2 Å². The van der Waals surface area contributed by atoms with Crippen LogP contribution < -0.4 is 0 Å². The molecule has 0 fully saturated rings. The van der Waals surface area contributed by atoms with Crippen LogP contribution in [0.1, 0.15) is 19.8 Å². The Labute approximate surface area is 131 Å². The zero-order valence-corrected chi connectivity index (χ0v) is 13.5. The van der Waals surface area contributed by atoms with E-state index in [4.69, 9.17) is 28.4 Å². The zero-order valence-electron chi connectivity index (χ0n) is 13.5. The minimum atomic E-state index is -0.378. The number of hydrogen-bond donors (Lipinski definition) is 0. The van der Waals surface area contributed by atoms with Gasteiger partial charge in [-0.1, -0.05) is 0 Å². The Kier molecular flexibility index (Phi) is 9.81. The van der Waals surface area contributed by atoms with Gasteiger partial charge in [0.2, 0.25) is 0 Å². The summed E-state index contributed by atoms with van der Waals surface area (Å²) in [4.78, 5) is 11.8. The lowest BCUT2D eigenvalue weighted by Crippen LogP contribution is -2.29. The standard InChI is InChI=1S/C15H26O7/c1-4-21-14-9-12(13(10-22-14)15(16)18-3)5-6-19-11-20-8-7-17-2/h10,12,14H,4-9,11H2,1-3H3/t12-,14-/m0/s1. The quantitative estimate of drug-likeness (QED) is 0.324. The van der Waals surface area contributed by atoms with Crippen molar-refractivity contribution in [1.82, 2.24) is 0 Å². The zero-order chi connectivity index (χ0) is 16.2. The summed E-state index contributed by atoms with van der Waals surface area (Å²) >= 11 is 0. The highest BCUT2D eigenvalue weighted by Gasteiger charge is 2.30. The maximum Gasteiger partial charge on any atom is 0.337 e. The van der Waals surface area contributed by atoms with Gasteiger partial charge in [0, 0.05) is 26.1 Å². The molecule has 1 aliphatic heterocycles. The molecule has 0 saturated carbocycles. The van der Waals surface area contributed by atoms with Crippen molar-refractivity contribution in [2.45, 2.75) is 26.1 Å². The Balaban J connectivity index is 2.37. The van der Waals surface area contributed by atoms with Gasteiger partial charge in [0.1, 0.15) is 6.79 Å². The number of rotatable bonds is 11. The fourth-order valence-electron chi connectivity index (χ4n) is 2.10. The predicted molar refractivity (Wildman–Crippen MR) is 78.0 cm³/mol. The van der Waals surface area contributed by atoms with Crippen LogP contribution in [-0.2, 0) is 33.2 Å². The molecule has 1 aliphatic rings. The Morgan fingerprint density at radius 3 is 2.73 bits per heavy atom. The fraction of sp³-hybridized carbons (Fsp3) is 0.800. The molecule has 0 aromatic heterocycles. The van der Waals surface area contributed by atoms with Gasteiger partial charge in [-0.3, -0.25) is 0 Å². The Hall–Kier alpha value is -1.15. The molecular weight excluding hydrogens is 292 g/mol. The minimum Gasteiger partial charge on any atom is -0.472 e. The molecule has 22 heavy (non-hydrogen) atoms. The number of ether oxygens (including phenoxy) is 6. The third-order valence-corrected chi connectivity index (χ3v) is 3.25. The van der Waals surface area contributed by atoms with Gasteiger partial charge in [-0.25, -0.2) is 4.79 Å². The van der Waals surface area contributed by atoms with E-state index in [1.165, 1.54) is 13.4 Å². The highest BCUT2D eigenvalue weighted by molar-refractivity contribution is 5.88. The van der Waals surface area contributed by atoms with Crippen LogP contribution >= 0.6 is 0 Å². The van der Waals surface area contributed by atoms with E-state index >= 15 is 0 Å². The molecule has 0 bridgehead atoms. The average molecular weight is 318 g/mol. The molecule has 0 aliphatic carbocycles. The summed E-state index contributed by atoms with van der Waals surface area (Å²) in [5.41, 5.74) is 0.516. The third kappa shape index (κ3) is 6.74. The lowest BCUT2D eigenvalue weighted by Gasteiger charge is -2.28. The number of carbonyl (C=O) groups is 1. The molecular formula is C15H26O7. The molecule has 1 heterocycles. The summed E-state index contributed by atoms with van der Waals surface area (Å²) in [6, 6.07) is 0. The van der Waals surface area contributed by atoms with E-state index in [1.54, 1.807) is 7.11 Å². The molecule has 7 heteroatoms. The van der Waals surface area contributed by atoms with E-state index in [0.717, 1.165) is 0 Å². The van der Waals surface area contributed by atoms with Gasteiger partial charge in [-0.15, -0.1) is 0 Å². The minimum absolute atomic E-state index is 0.0169. The van der Waals surface area contributed by atoms with Crippen LogP contribution in [0.2, 0.25) is 0 Å². The fourth-order valence-corrected chi connectivity index (χ4v) is 2.10. The highest BCUT2D eigenvalue weighted by atomic mass is 16.7. The van der Waals surface area contributed by atoms with Crippen LogP contribution in [0.4, 0.5) is 0 Å². The van der Waals surface area contributed by atoms with E-state index in [9.17, 15) is 4.79 Å². The number of hydrogen-bond acceptors (Lipinski definition) is 7. The van der Waals surface area contributed by atoms with Gasteiger partial charge < -0.3 is 28.4 Å². The first-order chi connectivity index (χ1) is 10.7. The first-order valence-electron chi connectivity index (χ1n) is 7.42. The first kappa shape index (κ1) is 18.9. The van der Waals surface area contributed by atoms with Crippen LogP contribution in [0, 0.1) is 5.92 Å². The Bertz CT molecular complexity index is 343. The molecule has 0 amide bonds. The van der Waals surface area contributed by atoms with Gasteiger partial charge in [0.15, 0.2) is 6.29 Å². The molecule has 0 radical (unpaired) electrons. The third-order valence-electron chi connectivity index (χ3n) is 3.25. The molecule has 1 rings (SSSR count). The molecule has 0 saturated heterocycles. The van der Waals surface area contributed by atoms with Gasteiger partial charge in [0.25, 0.3) is 0 Å². The van der Waals surface area contributed by atoms with Crippen LogP contribution in [0.15, 0.2) is 11.8 Å². The van der Waals surface area contributed by atoms with Crippen molar-refractivity contribution in [2.24, 2.45) is 5.92 Å². The van der Waals surface area contributed by atoms with Gasteiger partial charge >= 0.3 is 5.97 Å². The van der Waals surface area contributed by atoms with Gasteiger partial charge in [-0.05, 0) is 13.3 Å². The topological polar surface area (TPSA) is 72.5 Å². The van der Waals surface area contributed by atoms with Gasteiger partial charge in [-0.2, -0.15) is 0 Å². The molecule has 0 aromatic rings. The maximum absolute atomic E-state index is 11.8. The normalized spacial score (nSPS) is 21.1. The van der Waals surface area contributed by atoms with Crippen molar-refractivity contribution >= 4 is 5.97 Å². The summed E-state index contributed by atoms with van der Waals surface area (Å²) in [6.45, 7) is 4.17. The van der Waals surface area contributed by atoms with Gasteiger partial charge in [0.05, 0.1) is 38.8 Å². The Morgan fingerprint density at radius 2 is 2.05 bits per heavy atom. The summed E-state index contributed by atoms with van der Waals surface area (Å²) in [6.07, 6.45) is 2.38. The number of methoxy groups -OCH3 is 2. The lowest BCUT2D eigenvalue weighted by molar-refractivity contribution is -0.143. The molecule has 0 spiro atoms. The molecule has 0 unspecified atom stereocenters. The van der Waals surface area contributed by atoms with E-state index < -0.39 is 0 Å². The summed E-state index contributed by atoms with van der Waals surface area (Å²) in [5, 5.41) is 0. The summed E-state index contributed by atoms with van der Waals surface area (Å²) in [5.74, 6) is -0.395. The lowest BCUT2D eigenvalue weighted by atomic mass is 9.91. The number of esters is 1. The maximum atomic E-state index is 11.8. The van der Waals surface area contributed by atoms with Crippen LogP contribution in [-0.4, -0.2) is 59.7 Å². The molecule has 0 aromatic carbocycles. The van der Waals surface area contributed by atoms with Crippen LogP contribution in [0.25, 0.3) is 0 Å². The highest BCUT2D eigenvalue weighted by Crippen LogP contribution is 2.28. The monoisotopic (exact) mass is 318 g/mol. The van der Waals surface area contributed by atoms with Crippen LogP contribution in [0.3, 0.4) is 0 Å². The van der Waals surface area contributed by atoms with Crippen LogP contribution in [0.5, 0.6) is 0 Å². The molecule has 0 N–H and O–H groups in total. The van der Waals surface area contributed by atoms with E-state index in [0.29, 0.717) is 44.8 Å². The summed E-state index contributed by atoms with van der Waals surface area (Å²) in [7, 11) is 2.97. The predicted octanol–water partition coefficient (Wildman–Crippen LogP) is 1.47. The van der Waals surface area contributed by atoms with E-state index in [1.807, 2.05) is 6.92 Å². The van der Waals surface area contributed by atoms with Crippen molar-refractivity contribution in [3.8, 4) is 0 Å². The molecule has 2 atom stereocenters. The molecule has 7 nitrogen and oxygen atoms in total. The Morgan fingerprint density at radius 1 is 1.27 bits per heavy atom. The molecule has 128 valence electrons. The van der Waals surface area contributed by atoms with E-state index in [2.05, 4.69) is 0 Å². The smallest absolute Gasteiger partial charge is 0.337 e. The van der Waals surface area contributed by atoms with Crippen molar-refractivity contribution in [2.75, 3.05) is 47.4 Å². The van der Waals surface area contributed by atoms with E-state index in [-0.39, 0.29) is 25.0 Å². The second kappa shape index (κ2) is 11.4. The largest absolute Gasteiger partial charge is 0.472 e. The number of carbonyl (C=O) groups excluding carboxylic acids is 1. The average Bonchev–Trinajstić information content (AvgIpc) is 2.54. The first-order valence-corrected chi connectivity index (χ1v) is 7.42. The van der Waals surface area contributed by atoms with Crippen molar-refractivity contribution in [1.29, 1.82) is 0 Å². The van der Waals surface area contributed by atoms with Crippen molar-refractivity contribution in [3.05, 3.63) is 11.8 Å².